The lowest BCUT2D eigenvalue weighted by molar-refractivity contribution is 0.0839. The van der Waals surface area contributed by atoms with Crippen molar-refractivity contribution in [1.29, 1.82) is 0 Å². The van der Waals surface area contributed by atoms with Gasteiger partial charge >= 0.3 is 0 Å². The molecule has 1 unspecified atom stereocenters. The first kappa shape index (κ1) is 14.2. The Morgan fingerprint density at radius 2 is 2.29 bits per heavy atom. The fraction of sp³-hybridized carbons (Fsp3) is 0.417. The van der Waals surface area contributed by atoms with Crippen molar-refractivity contribution in [3.05, 3.63) is 33.8 Å². The molecule has 0 saturated heterocycles. The van der Waals surface area contributed by atoms with Crippen LogP contribution in [0.3, 0.4) is 0 Å². The molecule has 2 N–H and O–H groups in total. The van der Waals surface area contributed by atoms with Crippen LogP contribution in [0.25, 0.3) is 0 Å². The number of carbonyl (C=O) groups is 1. The number of amides is 1. The van der Waals surface area contributed by atoms with Gasteiger partial charge in [0, 0.05) is 17.1 Å². The lowest BCUT2D eigenvalue weighted by atomic mass is 10.1. The molecule has 5 heteroatoms. The zero-order chi connectivity index (χ0) is 12.8. The highest BCUT2D eigenvalue weighted by Gasteiger charge is 2.15. The number of aliphatic hydroxyl groups is 1. The van der Waals surface area contributed by atoms with Gasteiger partial charge in [-0.25, -0.2) is 0 Å². The Bertz CT molecular complexity index is 395. The summed E-state index contributed by atoms with van der Waals surface area (Å²) in [7, 11) is 1.53. The van der Waals surface area contributed by atoms with Crippen molar-refractivity contribution < 1.29 is 14.6 Å². The second-order valence-electron chi connectivity index (χ2n) is 3.72. The summed E-state index contributed by atoms with van der Waals surface area (Å²) in [6, 6.07) is 5.04. The molecule has 1 aromatic rings. The zero-order valence-corrected chi connectivity index (χ0v) is 11.5. The fourth-order valence-electron chi connectivity index (χ4n) is 1.46. The van der Waals surface area contributed by atoms with E-state index in [0.29, 0.717) is 5.56 Å². The van der Waals surface area contributed by atoms with Crippen LogP contribution >= 0.6 is 15.9 Å². The predicted molar refractivity (Wildman–Crippen MR) is 69.1 cm³/mol. The van der Waals surface area contributed by atoms with E-state index in [1.54, 1.807) is 12.1 Å². The molecule has 0 radical (unpaired) electrons. The van der Waals surface area contributed by atoms with Gasteiger partial charge in [-0.15, -0.1) is 0 Å². The van der Waals surface area contributed by atoms with Gasteiger partial charge in [-0.2, -0.15) is 0 Å². The maximum absolute atomic E-state index is 12.0. The molecule has 0 bridgehead atoms. The Morgan fingerprint density at radius 3 is 2.88 bits per heavy atom. The van der Waals surface area contributed by atoms with E-state index < -0.39 is 0 Å². The molecular weight excluding hydrogens is 286 g/mol. The van der Waals surface area contributed by atoms with E-state index >= 15 is 0 Å². The number of hydrogen-bond acceptors (Lipinski definition) is 3. The van der Waals surface area contributed by atoms with Crippen LogP contribution in [0.4, 0.5) is 0 Å². The third-order valence-electron chi connectivity index (χ3n) is 2.44. The van der Waals surface area contributed by atoms with Crippen molar-refractivity contribution in [2.24, 2.45) is 0 Å². The summed E-state index contributed by atoms with van der Waals surface area (Å²) >= 11 is 3.37. The topological polar surface area (TPSA) is 58.6 Å². The smallest absolute Gasteiger partial charge is 0.251 e. The molecule has 0 aliphatic carbocycles. The third kappa shape index (κ3) is 3.80. The van der Waals surface area contributed by atoms with E-state index in [0.717, 1.165) is 10.0 Å². The highest BCUT2D eigenvalue weighted by molar-refractivity contribution is 9.10. The second kappa shape index (κ2) is 6.74. The lowest BCUT2D eigenvalue weighted by Crippen LogP contribution is -2.40. The summed E-state index contributed by atoms with van der Waals surface area (Å²) < 4.78 is 5.79. The summed E-state index contributed by atoms with van der Waals surface area (Å²) in [6.07, 6.45) is 0. The van der Waals surface area contributed by atoms with E-state index in [-0.39, 0.29) is 25.2 Å². The van der Waals surface area contributed by atoms with Crippen molar-refractivity contribution in [2.75, 3.05) is 20.3 Å². The van der Waals surface area contributed by atoms with Crippen LogP contribution in [0.1, 0.15) is 15.9 Å². The summed E-state index contributed by atoms with van der Waals surface area (Å²) in [4.78, 5) is 12.0. The van der Waals surface area contributed by atoms with E-state index in [4.69, 9.17) is 9.84 Å². The quantitative estimate of drug-likeness (QED) is 0.866. The molecule has 0 fully saturated rings. The average Bonchev–Trinajstić information content (AvgIpc) is 2.31. The number of carbonyl (C=O) groups excluding carboxylic acids is 1. The first-order valence-corrected chi connectivity index (χ1v) is 6.05. The molecule has 17 heavy (non-hydrogen) atoms. The Labute approximate surface area is 109 Å². The van der Waals surface area contributed by atoms with Gasteiger partial charge in [-0.1, -0.05) is 22.0 Å². The first-order chi connectivity index (χ1) is 8.10. The Hall–Kier alpha value is -0.910. The summed E-state index contributed by atoms with van der Waals surface area (Å²) in [5.41, 5.74) is 1.47. The van der Waals surface area contributed by atoms with Gasteiger partial charge in [-0.05, 0) is 24.6 Å². The molecule has 0 spiro atoms. The van der Waals surface area contributed by atoms with Gasteiger partial charge < -0.3 is 15.2 Å². The van der Waals surface area contributed by atoms with Gasteiger partial charge in [-0.3, -0.25) is 4.79 Å². The van der Waals surface area contributed by atoms with Crippen molar-refractivity contribution in [2.45, 2.75) is 13.0 Å². The number of halogens is 1. The number of hydrogen-bond donors (Lipinski definition) is 2. The van der Waals surface area contributed by atoms with Crippen LogP contribution in [0.15, 0.2) is 22.7 Å². The normalized spacial score (nSPS) is 12.2. The van der Waals surface area contributed by atoms with Gasteiger partial charge in [0.05, 0.1) is 19.3 Å². The molecule has 0 saturated carbocycles. The molecule has 1 amide bonds. The number of rotatable bonds is 5. The molecule has 4 nitrogen and oxygen atoms in total. The molecule has 0 aliphatic heterocycles. The maximum atomic E-state index is 12.0. The molecule has 0 heterocycles. The number of methoxy groups -OCH3 is 1. The third-order valence-corrected chi connectivity index (χ3v) is 3.29. The van der Waals surface area contributed by atoms with E-state index in [1.807, 2.05) is 13.0 Å². The minimum Gasteiger partial charge on any atom is -0.394 e. The Kier molecular flexibility index (Phi) is 5.61. The zero-order valence-electron chi connectivity index (χ0n) is 9.87. The average molecular weight is 302 g/mol. The first-order valence-electron chi connectivity index (χ1n) is 5.26. The van der Waals surface area contributed by atoms with E-state index in [1.165, 1.54) is 7.11 Å². The van der Waals surface area contributed by atoms with Gasteiger partial charge in [0.2, 0.25) is 0 Å². The summed E-state index contributed by atoms with van der Waals surface area (Å²) in [5.74, 6) is -0.208. The highest BCUT2D eigenvalue weighted by Crippen LogP contribution is 2.19. The van der Waals surface area contributed by atoms with Crippen molar-refractivity contribution >= 4 is 21.8 Å². The minimum absolute atomic E-state index is 0.146. The molecular formula is C12H16BrNO3. The van der Waals surface area contributed by atoms with Crippen molar-refractivity contribution in [3.8, 4) is 0 Å². The Balaban J connectivity index is 2.79. The minimum atomic E-state index is -0.383. The van der Waals surface area contributed by atoms with Crippen LogP contribution in [0, 0.1) is 6.92 Å². The predicted octanol–water partition coefficient (Wildman–Crippen LogP) is 1.49. The van der Waals surface area contributed by atoms with E-state index in [9.17, 15) is 4.79 Å². The molecule has 0 aliphatic rings. The molecule has 1 aromatic carbocycles. The molecule has 1 rings (SSSR count). The monoisotopic (exact) mass is 301 g/mol. The van der Waals surface area contributed by atoms with Crippen molar-refractivity contribution in [3.63, 3.8) is 0 Å². The second-order valence-corrected chi connectivity index (χ2v) is 4.58. The lowest BCUT2D eigenvalue weighted by Gasteiger charge is -2.16. The SMILES string of the molecule is COCC(CO)NC(=O)c1cccc(Br)c1C. The van der Waals surface area contributed by atoms with Crippen LogP contribution in [-0.4, -0.2) is 37.4 Å². The van der Waals surface area contributed by atoms with Gasteiger partial charge in [0.1, 0.15) is 0 Å². The van der Waals surface area contributed by atoms with Gasteiger partial charge in [0.25, 0.3) is 5.91 Å². The summed E-state index contributed by atoms with van der Waals surface area (Å²) in [5, 5.41) is 11.8. The largest absolute Gasteiger partial charge is 0.394 e. The number of aliphatic hydroxyl groups excluding tert-OH is 1. The Morgan fingerprint density at radius 1 is 1.59 bits per heavy atom. The number of ether oxygens (including phenoxy) is 1. The van der Waals surface area contributed by atoms with Crippen molar-refractivity contribution in [1.82, 2.24) is 5.32 Å². The molecule has 94 valence electrons. The standard InChI is InChI=1S/C12H16BrNO3/c1-8-10(4-3-5-11(8)13)12(16)14-9(6-15)7-17-2/h3-5,9,15H,6-7H2,1-2H3,(H,14,16). The van der Waals surface area contributed by atoms with Gasteiger partial charge in [0.15, 0.2) is 0 Å². The molecule has 0 aromatic heterocycles. The number of benzene rings is 1. The summed E-state index contributed by atoms with van der Waals surface area (Å²) in [6.45, 7) is 2.01. The van der Waals surface area contributed by atoms with Crippen LogP contribution in [0.2, 0.25) is 0 Å². The highest BCUT2D eigenvalue weighted by atomic mass is 79.9. The van der Waals surface area contributed by atoms with Crippen LogP contribution in [-0.2, 0) is 4.74 Å². The fourth-order valence-corrected chi connectivity index (χ4v) is 1.82. The van der Waals surface area contributed by atoms with Crippen LogP contribution < -0.4 is 5.32 Å². The number of nitrogens with one attached hydrogen (secondary N) is 1. The maximum Gasteiger partial charge on any atom is 0.251 e. The molecule has 1 atom stereocenters. The van der Waals surface area contributed by atoms with Crippen LogP contribution in [0.5, 0.6) is 0 Å². The van der Waals surface area contributed by atoms with E-state index in [2.05, 4.69) is 21.2 Å².